The minimum absolute atomic E-state index is 0.621. The van der Waals surface area contributed by atoms with Gasteiger partial charge in [-0.2, -0.15) is 0 Å². The molecule has 0 aliphatic heterocycles. The summed E-state index contributed by atoms with van der Waals surface area (Å²) >= 11 is 0. The second kappa shape index (κ2) is 8.57. The Kier molecular flexibility index (Phi) is 4.76. The van der Waals surface area contributed by atoms with E-state index in [4.69, 9.17) is 14.4 Å². The Morgan fingerprint density at radius 2 is 1.18 bits per heavy atom. The fourth-order valence-electron chi connectivity index (χ4n) is 5.52. The highest BCUT2D eigenvalue weighted by Gasteiger charge is 2.19. The molecule has 0 N–H and O–H groups in total. The molecule has 0 spiro atoms. The smallest absolute Gasteiger partial charge is 0.235 e. The predicted molar refractivity (Wildman–Crippen MR) is 158 cm³/mol. The lowest BCUT2D eigenvalue weighted by molar-refractivity contribution is 0.665. The molecule has 8 rings (SSSR count). The fourth-order valence-corrected chi connectivity index (χ4v) is 5.52. The molecule has 0 amide bonds. The molecule has 0 bridgehead atoms. The molecule has 0 unspecified atom stereocenters. The first kappa shape index (κ1) is 21.6. The van der Waals surface area contributed by atoms with E-state index >= 15 is 0 Å². The van der Waals surface area contributed by atoms with Gasteiger partial charge in [0.2, 0.25) is 5.95 Å². The molecule has 0 saturated carbocycles. The zero-order valence-corrected chi connectivity index (χ0v) is 20.9. The topological polar surface area (TPSA) is 47.1 Å². The zero-order chi connectivity index (χ0) is 25.8. The van der Waals surface area contributed by atoms with Crippen LogP contribution in [0.5, 0.6) is 0 Å². The molecule has 0 aliphatic carbocycles. The van der Waals surface area contributed by atoms with Gasteiger partial charge >= 0.3 is 0 Å². The van der Waals surface area contributed by atoms with E-state index in [0.29, 0.717) is 11.5 Å². The lowest BCUT2D eigenvalue weighted by Gasteiger charge is -2.25. The van der Waals surface area contributed by atoms with Crippen molar-refractivity contribution in [1.82, 2.24) is 14.5 Å². The first-order valence-corrected chi connectivity index (χ1v) is 12.9. The van der Waals surface area contributed by atoms with E-state index in [-0.39, 0.29) is 0 Å². The van der Waals surface area contributed by atoms with Crippen molar-refractivity contribution < 1.29 is 4.42 Å². The highest BCUT2D eigenvalue weighted by atomic mass is 16.3. The number of para-hydroxylation sites is 4. The van der Waals surface area contributed by atoms with Gasteiger partial charge in [-0.25, -0.2) is 9.97 Å². The Morgan fingerprint density at radius 3 is 1.95 bits per heavy atom. The van der Waals surface area contributed by atoms with Crippen molar-refractivity contribution in [3.63, 3.8) is 0 Å². The maximum absolute atomic E-state index is 5.99. The molecule has 184 valence electrons. The third-order valence-electron chi connectivity index (χ3n) is 7.25. The number of rotatable bonds is 4. The Labute approximate surface area is 224 Å². The first-order valence-electron chi connectivity index (χ1n) is 12.9. The van der Waals surface area contributed by atoms with Gasteiger partial charge in [0.15, 0.2) is 5.58 Å². The van der Waals surface area contributed by atoms with E-state index in [2.05, 4.69) is 100 Å². The Hall–Kier alpha value is -5.42. The molecule has 0 fully saturated rings. The number of anilines is 3. The van der Waals surface area contributed by atoms with Gasteiger partial charge in [-0.15, -0.1) is 0 Å². The Morgan fingerprint density at radius 1 is 0.538 bits per heavy atom. The van der Waals surface area contributed by atoms with Crippen molar-refractivity contribution in [2.45, 2.75) is 0 Å². The lowest BCUT2D eigenvalue weighted by Crippen LogP contribution is -2.09. The molecule has 3 heterocycles. The number of benzene rings is 5. The molecule has 0 aliphatic rings. The third kappa shape index (κ3) is 3.41. The minimum atomic E-state index is 0.621. The van der Waals surface area contributed by atoms with E-state index < -0.39 is 0 Å². The summed E-state index contributed by atoms with van der Waals surface area (Å²) in [7, 11) is 0. The molecular weight excluding hydrogens is 480 g/mol. The van der Waals surface area contributed by atoms with Gasteiger partial charge in [-0.3, -0.25) is 4.57 Å². The van der Waals surface area contributed by atoms with Crippen molar-refractivity contribution in [1.29, 1.82) is 0 Å². The average Bonchev–Trinajstić information content (AvgIpc) is 3.53. The van der Waals surface area contributed by atoms with Crippen molar-refractivity contribution in [2.75, 3.05) is 4.90 Å². The van der Waals surface area contributed by atoms with Crippen molar-refractivity contribution in [3.05, 3.63) is 134 Å². The van der Waals surface area contributed by atoms with Crippen LogP contribution in [0.3, 0.4) is 0 Å². The van der Waals surface area contributed by atoms with Gasteiger partial charge in [0.05, 0.1) is 17.2 Å². The molecule has 8 aromatic rings. The summed E-state index contributed by atoms with van der Waals surface area (Å²) < 4.78 is 8.13. The molecule has 5 nitrogen and oxygen atoms in total. The summed E-state index contributed by atoms with van der Waals surface area (Å²) in [6.07, 6.45) is 1.78. The summed E-state index contributed by atoms with van der Waals surface area (Å²) in [5.41, 5.74) is 7.71. The van der Waals surface area contributed by atoms with Crippen LogP contribution < -0.4 is 4.90 Å². The second-order valence-corrected chi connectivity index (χ2v) is 9.54. The molecule has 5 heteroatoms. The molecule has 5 aromatic carbocycles. The van der Waals surface area contributed by atoms with Crippen LogP contribution in [-0.2, 0) is 0 Å². The van der Waals surface area contributed by atoms with Gasteiger partial charge in [0, 0.05) is 33.2 Å². The van der Waals surface area contributed by atoms with Crippen molar-refractivity contribution in [3.8, 4) is 5.95 Å². The van der Waals surface area contributed by atoms with Crippen LogP contribution in [0.4, 0.5) is 17.1 Å². The summed E-state index contributed by atoms with van der Waals surface area (Å²) in [4.78, 5) is 12.0. The summed E-state index contributed by atoms with van der Waals surface area (Å²) in [5, 5.41) is 3.28. The fraction of sp³-hybridized carbons (Fsp3) is 0. The van der Waals surface area contributed by atoms with E-state index in [1.807, 2.05) is 36.4 Å². The highest BCUT2D eigenvalue weighted by molar-refractivity contribution is 6.10. The largest absolute Gasteiger partial charge is 0.453 e. The second-order valence-electron chi connectivity index (χ2n) is 9.54. The van der Waals surface area contributed by atoms with Crippen LogP contribution in [0.1, 0.15) is 0 Å². The average molecular weight is 503 g/mol. The van der Waals surface area contributed by atoms with Crippen LogP contribution in [-0.4, -0.2) is 14.5 Å². The van der Waals surface area contributed by atoms with Crippen LogP contribution in [0.25, 0.3) is 49.8 Å². The number of furan rings is 1. The molecule has 0 radical (unpaired) electrons. The normalized spacial score (nSPS) is 11.6. The number of aromatic nitrogens is 3. The van der Waals surface area contributed by atoms with Crippen LogP contribution in [0.15, 0.2) is 138 Å². The summed E-state index contributed by atoms with van der Waals surface area (Å²) in [5.74, 6) is 0.621. The molecule has 0 atom stereocenters. The molecular formula is C34H22N4O. The van der Waals surface area contributed by atoms with Gasteiger partial charge < -0.3 is 9.32 Å². The molecule has 39 heavy (non-hydrogen) atoms. The SMILES string of the molecule is c1ccc(N(c2ccccc2)c2ccc3c(c2)c2ccccc2n3-c2ncc3oc4ccccc4c3n2)cc1. The van der Waals surface area contributed by atoms with Crippen molar-refractivity contribution in [2.24, 2.45) is 0 Å². The van der Waals surface area contributed by atoms with Crippen LogP contribution in [0.2, 0.25) is 0 Å². The van der Waals surface area contributed by atoms with E-state index in [1.165, 1.54) is 0 Å². The summed E-state index contributed by atoms with van der Waals surface area (Å²) in [6.45, 7) is 0. The first-order chi connectivity index (χ1) is 19.3. The number of nitrogens with zero attached hydrogens (tertiary/aromatic N) is 4. The maximum Gasteiger partial charge on any atom is 0.235 e. The predicted octanol–water partition coefficient (Wildman–Crippen LogP) is 8.94. The Balaban J connectivity index is 1.37. The zero-order valence-electron chi connectivity index (χ0n) is 20.9. The van der Waals surface area contributed by atoms with Crippen LogP contribution >= 0.6 is 0 Å². The maximum atomic E-state index is 5.99. The van der Waals surface area contributed by atoms with Gasteiger partial charge in [-0.05, 0) is 60.7 Å². The minimum Gasteiger partial charge on any atom is -0.453 e. The number of hydrogen-bond acceptors (Lipinski definition) is 4. The van der Waals surface area contributed by atoms with Crippen LogP contribution in [0, 0.1) is 0 Å². The van der Waals surface area contributed by atoms with Crippen molar-refractivity contribution >= 4 is 60.9 Å². The van der Waals surface area contributed by atoms with E-state index in [9.17, 15) is 0 Å². The Bertz CT molecular complexity index is 2090. The standard InChI is InChI=1S/C34H22N4O/c1-3-11-23(12-4-1)37(24-13-5-2-6-14-24)25-19-20-30-28(21-25)26-15-7-9-17-29(26)38(30)34-35-22-32-33(36-34)27-16-8-10-18-31(27)39-32/h1-22H. The van der Waals surface area contributed by atoms with Gasteiger partial charge in [0.1, 0.15) is 11.1 Å². The summed E-state index contributed by atoms with van der Waals surface area (Å²) in [6, 6.07) is 43.9. The lowest BCUT2D eigenvalue weighted by atomic mass is 10.1. The number of hydrogen-bond donors (Lipinski definition) is 0. The monoisotopic (exact) mass is 502 g/mol. The van der Waals surface area contributed by atoms with E-state index in [0.717, 1.165) is 55.4 Å². The quantitative estimate of drug-likeness (QED) is 0.241. The molecule has 0 saturated heterocycles. The van der Waals surface area contributed by atoms with E-state index in [1.54, 1.807) is 6.20 Å². The van der Waals surface area contributed by atoms with Gasteiger partial charge in [0.25, 0.3) is 0 Å². The number of fused-ring (bicyclic) bond motifs is 6. The van der Waals surface area contributed by atoms with Gasteiger partial charge in [-0.1, -0.05) is 66.7 Å². The molecule has 3 aromatic heterocycles. The highest BCUT2D eigenvalue weighted by Crippen LogP contribution is 2.39. The third-order valence-corrected chi connectivity index (χ3v) is 7.25.